The van der Waals surface area contributed by atoms with Gasteiger partial charge in [0, 0.05) is 0 Å². The van der Waals surface area contributed by atoms with Gasteiger partial charge >= 0.3 is 0 Å². The second kappa shape index (κ2) is 5.59. The van der Waals surface area contributed by atoms with Gasteiger partial charge < -0.3 is 0 Å². The van der Waals surface area contributed by atoms with Crippen LogP contribution in [-0.2, 0) is 0 Å². The van der Waals surface area contributed by atoms with Crippen LogP contribution in [0.15, 0.2) is 11.6 Å². The Morgan fingerprint density at radius 2 is 1.59 bits per heavy atom. The first-order valence-electron chi connectivity index (χ1n) is 7.70. The van der Waals surface area contributed by atoms with E-state index in [4.69, 9.17) is 0 Å². The fourth-order valence-corrected chi connectivity index (χ4v) is 4.64. The smallest absolute Gasteiger partial charge is 0.0257 e. The highest BCUT2D eigenvalue weighted by atomic mass is 14.3. The van der Waals surface area contributed by atoms with Crippen LogP contribution in [0.1, 0.15) is 66.2 Å². The zero-order valence-electron chi connectivity index (χ0n) is 12.2. The molecule has 0 radical (unpaired) electrons. The van der Waals surface area contributed by atoms with Gasteiger partial charge in [0.1, 0.15) is 0 Å². The maximum atomic E-state index is 2.49. The van der Waals surface area contributed by atoms with E-state index < -0.39 is 0 Å². The Labute approximate surface area is 108 Å². The Morgan fingerprint density at radius 3 is 2.18 bits per heavy atom. The fraction of sp³-hybridized carbons (Fsp3) is 0.882. The highest BCUT2D eigenvalue weighted by molar-refractivity contribution is 5.06. The van der Waals surface area contributed by atoms with Gasteiger partial charge in [-0.05, 0) is 75.0 Å². The first-order valence-corrected chi connectivity index (χ1v) is 7.70. The van der Waals surface area contributed by atoms with E-state index in [9.17, 15) is 0 Å². The van der Waals surface area contributed by atoms with Crippen molar-refractivity contribution in [3.05, 3.63) is 11.6 Å². The summed E-state index contributed by atoms with van der Waals surface area (Å²) in [5.41, 5.74) is 1.64. The predicted octanol–water partition coefficient (Wildman–Crippen LogP) is 5.44. The molecule has 0 nitrogen and oxygen atoms in total. The summed E-state index contributed by atoms with van der Waals surface area (Å²) in [7, 11) is 0. The number of hydrogen-bond acceptors (Lipinski definition) is 0. The van der Waals surface area contributed by atoms with Crippen LogP contribution >= 0.6 is 0 Å². The summed E-state index contributed by atoms with van der Waals surface area (Å²) in [5, 5.41) is 0. The van der Waals surface area contributed by atoms with Gasteiger partial charge in [0.25, 0.3) is 0 Å². The van der Waals surface area contributed by atoms with Gasteiger partial charge in [0.15, 0.2) is 0 Å². The Morgan fingerprint density at radius 1 is 0.941 bits per heavy atom. The van der Waals surface area contributed by atoms with Crippen LogP contribution in [0.25, 0.3) is 0 Å². The van der Waals surface area contributed by atoms with Gasteiger partial charge in [-0.2, -0.15) is 0 Å². The van der Waals surface area contributed by atoms with E-state index in [1.165, 1.54) is 38.5 Å². The molecule has 0 bridgehead atoms. The first-order chi connectivity index (χ1) is 8.02. The zero-order valence-corrected chi connectivity index (χ0v) is 12.2. The Kier molecular flexibility index (Phi) is 4.33. The van der Waals surface area contributed by atoms with E-state index >= 15 is 0 Å². The minimum absolute atomic E-state index is 0.826. The highest BCUT2D eigenvalue weighted by Gasteiger charge is 2.27. The molecular weight excluding hydrogens is 204 g/mol. The molecule has 4 unspecified atom stereocenters. The van der Waals surface area contributed by atoms with Crippen LogP contribution in [0.2, 0.25) is 0 Å². The summed E-state index contributed by atoms with van der Waals surface area (Å²) in [4.78, 5) is 0. The second-order valence-corrected chi connectivity index (χ2v) is 7.32. The summed E-state index contributed by atoms with van der Waals surface area (Å²) in [6.45, 7) is 9.63. The molecule has 2 aliphatic rings. The Hall–Kier alpha value is -0.260. The van der Waals surface area contributed by atoms with Crippen LogP contribution in [0.3, 0.4) is 0 Å². The zero-order chi connectivity index (χ0) is 12.4. The SMILES string of the molecule is CC1=CC(C)CC(CC2CC(C)CC(C)C2)C1. The third-order valence-corrected chi connectivity index (χ3v) is 4.83. The maximum Gasteiger partial charge on any atom is -0.0257 e. The van der Waals surface area contributed by atoms with Crippen molar-refractivity contribution in [3.8, 4) is 0 Å². The first kappa shape index (κ1) is 13.2. The number of hydrogen-bond donors (Lipinski definition) is 0. The van der Waals surface area contributed by atoms with Crippen molar-refractivity contribution in [2.45, 2.75) is 66.2 Å². The van der Waals surface area contributed by atoms with Gasteiger partial charge in [-0.15, -0.1) is 0 Å². The Bertz CT molecular complexity index is 266. The van der Waals surface area contributed by atoms with Crippen molar-refractivity contribution >= 4 is 0 Å². The van der Waals surface area contributed by atoms with Crippen molar-refractivity contribution < 1.29 is 0 Å². The average molecular weight is 234 g/mol. The molecule has 1 fully saturated rings. The van der Waals surface area contributed by atoms with Crippen LogP contribution < -0.4 is 0 Å². The summed E-state index contributed by atoms with van der Waals surface area (Å²) >= 11 is 0. The van der Waals surface area contributed by atoms with Crippen LogP contribution in [-0.4, -0.2) is 0 Å². The second-order valence-electron chi connectivity index (χ2n) is 7.32. The molecule has 0 aromatic rings. The van der Waals surface area contributed by atoms with Gasteiger partial charge in [0.05, 0.1) is 0 Å². The third kappa shape index (κ3) is 3.86. The van der Waals surface area contributed by atoms with Crippen LogP contribution in [0.5, 0.6) is 0 Å². The molecule has 0 amide bonds. The molecule has 0 aromatic heterocycles. The van der Waals surface area contributed by atoms with E-state index in [2.05, 4.69) is 33.8 Å². The van der Waals surface area contributed by atoms with E-state index in [0.717, 1.165) is 29.6 Å². The van der Waals surface area contributed by atoms with Crippen LogP contribution in [0.4, 0.5) is 0 Å². The highest BCUT2D eigenvalue weighted by Crippen LogP contribution is 2.40. The summed E-state index contributed by atoms with van der Waals surface area (Å²) in [5.74, 6) is 4.78. The van der Waals surface area contributed by atoms with E-state index in [0.29, 0.717) is 0 Å². The summed E-state index contributed by atoms with van der Waals surface area (Å²) in [6.07, 6.45) is 11.3. The van der Waals surface area contributed by atoms with E-state index in [1.54, 1.807) is 5.57 Å². The van der Waals surface area contributed by atoms with Gasteiger partial charge in [-0.1, -0.05) is 32.4 Å². The molecule has 0 N–H and O–H groups in total. The molecule has 2 aliphatic carbocycles. The summed E-state index contributed by atoms with van der Waals surface area (Å²) in [6, 6.07) is 0. The molecule has 98 valence electrons. The largest absolute Gasteiger partial charge is 0.0827 e. The lowest BCUT2D eigenvalue weighted by atomic mass is 9.71. The van der Waals surface area contributed by atoms with Crippen molar-refractivity contribution in [1.82, 2.24) is 0 Å². The maximum absolute atomic E-state index is 2.49. The lowest BCUT2D eigenvalue weighted by Gasteiger charge is -2.35. The predicted molar refractivity (Wildman–Crippen MR) is 75.9 cm³/mol. The molecule has 0 spiro atoms. The molecule has 0 aromatic carbocycles. The molecule has 17 heavy (non-hydrogen) atoms. The monoisotopic (exact) mass is 234 g/mol. The average Bonchev–Trinajstić information content (AvgIpc) is 2.13. The topological polar surface area (TPSA) is 0 Å². The van der Waals surface area contributed by atoms with Gasteiger partial charge in [-0.25, -0.2) is 0 Å². The number of rotatable bonds is 2. The lowest BCUT2D eigenvalue weighted by molar-refractivity contribution is 0.180. The molecule has 0 aliphatic heterocycles. The Balaban J connectivity index is 1.86. The molecular formula is C17H30. The molecule has 0 heterocycles. The number of allylic oxidation sites excluding steroid dienone is 2. The molecule has 0 heteroatoms. The van der Waals surface area contributed by atoms with Crippen LogP contribution in [0, 0.1) is 29.6 Å². The van der Waals surface area contributed by atoms with E-state index in [-0.39, 0.29) is 0 Å². The standard InChI is InChI=1S/C17H30/c1-12-5-13(2)8-16(7-12)11-17-9-14(3)6-15(4)10-17/h5,12,14-17H,6-11H2,1-4H3. The van der Waals surface area contributed by atoms with Crippen molar-refractivity contribution in [3.63, 3.8) is 0 Å². The summed E-state index contributed by atoms with van der Waals surface area (Å²) < 4.78 is 0. The van der Waals surface area contributed by atoms with Gasteiger partial charge in [-0.3, -0.25) is 0 Å². The quantitative estimate of drug-likeness (QED) is 0.558. The minimum atomic E-state index is 0.826. The van der Waals surface area contributed by atoms with E-state index in [1.807, 2.05) is 0 Å². The molecule has 0 saturated heterocycles. The van der Waals surface area contributed by atoms with Crippen molar-refractivity contribution in [1.29, 1.82) is 0 Å². The molecule has 1 saturated carbocycles. The van der Waals surface area contributed by atoms with Crippen molar-refractivity contribution in [2.75, 3.05) is 0 Å². The van der Waals surface area contributed by atoms with Gasteiger partial charge in [0.2, 0.25) is 0 Å². The third-order valence-electron chi connectivity index (χ3n) is 4.83. The normalized spacial score (nSPS) is 43.3. The molecule has 2 rings (SSSR count). The van der Waals surface area contributed by atoms with Crippen molar-refractivity contribution in [2.24, 2.45) is 29.6 Å². The lowest BCUT2D eigenvalue weighted by Crippen LogP contribution is -2.23. The molecule has 4 atom stereocenters. The fourth-order valence-electron chi connectivity index (χ4n) is 4.64. The minimum Gasteiger partial charge on any atom is -0.0827 e.